The maximum absolute atomic E-state index is 12.9. The summed E-state index contributed by atoms with van der Waals surface area (Å²) < 4.78 is 11.7. The third-order valence-electron chi connectivity index (χ3n) is 4.86. The van der Waals surface area contributed by atoms with Gasteiger partial charge in [-0.3, -0.25) is 18.5 Å². The summed E-state index contributed by atoms with van der Waals surface area (Å²) in [4.78, 5) is 25.5. The maximum atomic E-state index is 12.9. The first-order chi connectivity index (χ1) is 13.4. The molecule has 3 aromatic heterocycles. The Morgan fingerprint density at radius 2 is 1.71 bits per heavy atom. The number of aryl methyl sites for hydroxylation is 1. The van der Waals surface area contributed by atoms with Crippen molar-refractivity contribution in [2.24, 2.45) is 14.1 Å². The van der Waals surface area contributed by atoms with Gasteiger partial charge in [-0.2, -0.15) is 0 Å². The quantitative estimate of drug-likeness (QED) is 0.536. The van der Waals surface area contributed by atoms with Gasteiger partial charge in [0, 0.05) is 25.7 Å². The van der Waals surface area contributed by atoms with E-state index >= 15 is 0 Å². The van der Waals surface area contributed by atoms with Crippen molar-refractivity contribution in [1.29, 1.82) is 0 Å². The van der Waals surface area contributed by atoms with Crippen LogP contribution in [-0.2, 0) is 14.1 Å². The second-order valence-corrected chi connectivity index (χ2v) is 6.96. The van der Waals surface area contributed by atoms with Crippen molar-refractivity contribution in [2.45, 2.75) is 26.8 Å². The summed E-state index contributed by atoms with van der Waals surface area (Å²) in [7, 11) is 3.13. The van der Waals surface area contributed by atoms with Crippen LogP contribution < -0.4 is 16.0 Å². The standard InChI is InChI=1S/C19H22N6O3/c1-6-28-13-9-7-12(8-10-13)15-20-21-18-24(11(2)3)14-16(25(15)18)22(4)19(27)23(5)17(14)26/h7-11H,6H2,1-5H3. The van der Waals surface area contributed by atoms with Crippen molar-refractivity contribution < 1.29 is 4.74 Å². The first kappa shape index (κ1) is 18.0. The van der Waals surface area contributed by atoms with Gasteiger partial charge in [-0.05, 0) is 45.0 Å². The molecule has 9 heteroatoms. The van der Waals surface area contributed by atoms with Gasteiger partial charge in [0.05, 0.1) is 6.61 Å². The molecule has 28 heavy (non-hydrogen) atoms. The van der Waals surface area contributed by atoms with Crippen LogP contribution in [-0.4, -0.2) is 34.9 Å². The molecule has 0 amide bonds. The molecule has 3 heterocycles. The molecule has 0 radical (unpaired) electrons. The molecule has 0 saturated carbocycles. The highest BCUT2D eigenvalue weighted by atomic mass is 16.5. The fourth-order valence-corrected chi connectivity index (χ4v) is 3.55. The predicted molar refractivity (Wildman–Crippen MR) is 106 cm³/mol. The molecule has 0 unspecified atom stereocenters. The van der Waals surface area contributed by atoms with Gasteiger partial charge in [-0.15, -0.1) is 10.2 Å². The summed E-state index contributed by atoms with van der Waals surface area (Å²) in [5.41, 5.74) is 0.968. The first-order valence-electron chi connectivity index (χ1n) is 9.15. The molecule has 4 aromatic rings. The zero-order valence-corrected chi connectivity index (χ0v) is 16.5. The van der Waals surface area contributed by atoms with E-state index in [-0.39, 0.29) is 11.6 Å². The van der Waals surface area contributed by atoms with Crippen LogP contribution in [0.25, 0.3) is 28.3 Å². The van der Waals surface area contributed by atoms with Crippen molar-refractivity contribution in [1.82, 2.24) is 28.3 Å². The lowest BCUT2D eigenvalue weighted by Crippen LogP contribution is -2.38. The normalized spacial score (nSPS) is 11.8. The number of ether oxygens (including phenoxy) is 1. The minimum atomic E-state index is -0.397. The van der Waals surface area contributed by atoms with Gasteiger partial charge in [-0.25, -0.2) is 9.20 Å². The molecule has 146 valence electrons. The van der Waals surface area contributed by atoms with Crippen molar-refractivity contribution in [3.05, 3.63) is 45.1 Å². The lowest BCUT2D eigenvalue weighted by Gasteiger charge is -2.09. The van der Waals surface area contributed by atoms with Crippen molar-refractivity contribution in [3.8, 4) is 17.1 Å². The van der Waals surface area contributed by atoms with E-state index in [2.05, 4.69) is 10.2 Å². The number of hydrogen-bond donors (Lipinski definition) is 0. The molecule has 0 aliphatic rings. The van der Waals surface area contributed by atoms with E-state index in [1.165, 1.54) is 11.6 Å². The third-order valence-corrected chi connectivity index (χ3v) is 4.86. The van der Waals surface area contributed by atoms with Crippen molar-refractivity contribution >= 4 is 16.9 Å². The van der Waals surface area contributed by atoms with Crippen LogP contribution in [0.15, 0.2) is 33.9 Å². The van der Waals surface area contributed by atoms with Gasteiger partial charge in [0.1, 0.15) is 5.75 Å². The van der Waals surface area contributed by atoms with Gasteiger partial charge in [0.2, 0.25) is 5.78 Å². The number of benzene rings is 1. The highest BCUT2D eigenvalue weighted by Gasteiger charge is 2.25. The maximum Gasteiger partial charge on any atom is 0.332 e. The number of aromatic nitrogens is 6. The molecule has 0 spiro atoms. The molecule has 0 N–H and O–H groups in total. The summed E-state index contributed by atoms with van der Waals surface area (Å²) in [5, 5.41) is 8.68. The van der Waals surface area contributed by atoms with Crippen LogP contribution in [0, 0.1) is 0 Å². The van der Waals surface area contributed by atoms with Crippen LogP contribution >= 0.6 is 0 Å². The highest BCUT2D eigenvalue weighted by molar-refractivity contribution is 5.80. The summed E-state index contributed by atoms with van der Waals surface area (Å²) >= 11 is 0. The minimum absolute atomic E-state index is 0.0393. The molecular weight excluding hydrogens is 360 g/mol. The molecule has 0 aliphatic carbocycles. The molecule has 0 saturated heterocycles. The van der Waals surface area contributed by atoms with Gasteiger partial charge in [0.25, 0.3) is 5.56 Å². The van der Waals surface area contributed by atoms with Gasteiger partial charge < -0.3 is 4.74 Å². The van der Waals surface area contributed by atoms with Crippen molar-refractivity contribution in [3.63, 3.8) is 0 Å². The molecular formula is C19H22N6O3. The average Bonchev–Trinajstić information content (AvgIpc) is 3.23. The van der Waals surface area contributed by atoms with Crippen LogP contribution in [0.4, 0.5) is 0 Å². The Balaban J connectivity index is 2.13. The molecule has 1 aromatic carbocycles. The molecule has 0 bridgehead atoms. The number of hydrogen-bond acceptors (Lipinski definition) is 5. The van der Waals surface area contributed by atoms with Crippen LogP contribution in [0.5, 0.6) is 5.75 Å². The molecule has 9 nitrogen and oxygen atoms in total. The zero-order chi connectivity index (χ0) is 20.2. The Morgan fingerprint density at radius 3 is 2.32 bits per heavy atom. The molecule has 0 fully saturated rings. The van der Waals surface area contributed by atoms with E-state index in [0.717, 1.165) is 15.9 Å². The van der Waals surface area contributed by atoms with Gasteiger partial charge in [-0.1, -0.05) is 0 Å². The average molecular weight is 382 g/mol. The van der Waals surface area contributed by atoms with Crippen LogP contribution in [0.1, 0.15) is 26.8 Å². The van der Waals surface area contributed by atoms with Crippen LogP contribution in [0.3, 0.4) is 0 Å². The van der Waals surface area contributed by atoms with Crippen LogP contribution in [0.2, 0.25) is 0 Å². The van der Waals surface area contributed by atoms with Gasteiger partial charge >= 0.3 is 5.69 Å². The first-order valence-corrected chi connectivity index (χ1v) is 9.15. The number of imidazole rings is 1. The Labute approximate surface area is 160 Å². The lowest BCUT2D eigenvalue weighted by atomic mass is 10.2. The third kappa shape index (κ3) is 2.39. The second-order valence-electron chi connectivity index (χ2n) is 6.96. The summed E-state index contributed by atoms with van der Waals surface area (Å²) in [5.74, 6) is 1.84. The minimum Gasteiger partial charge on any atom is -0.494 e. The molecule has 0 aliphatic heterocycles. The Morgan fingerprint density at radius 1 is 1.04 bits per heavy atom. The summed E-state index contributed by atoms with van der Waals surface area (Å²) in [6, 6.07) is 7.46. The largest absolute Gasteiger partial charge is 0.494 e. The number of rotatable bonds is 4. The number of fused-ring (bicyclic) bond motifs is 3. The number of nitrogens with zero attached hydrogens (tertiary/aromatic N) is 6. The molecule has 4 rings (SSSR count). The highest BCUT2D eigenvalue weighted by Crippen LogP contribution is 2.27. The van der Waals surface area contributed by atoms with Crippen molar-refractivity contribution in [2.75, 3.05) is 6.61 Å². The molecule has 0 atom stereocenters. The SMILES string of the molecule is CCOc1ccc(-c2nnc3n(C(C)C)c4c(=O)n(C)c(=O)n(C)c4n23)cc1. The predicted octanol–water partition coefficient (Wildman–Crippen LogP) is 1.73. The van der Waals surface area contributed by atoms with Gasteiger partial charge in [0.15, 0.2) is 17.0 Å². The fraction of sp³-hybridized carbons (Fsp3) is 0.368. The second kappa shape index (κ2) is 6.36. The van der Waals surface area contributed by atoms with E-state index in [0.29, 0.717) is 29.4 Å². The zero-order valence-electron chi connectivity index (χ0n) is 16.5. The van der Waals surface area contributed by atoms with E-state index in [1.807, 2.05) is 49.6 Å². The Bertz CT molecular complexity index is 1300. The smallest absolute Gasteiger partial charge is 0.332 e. The van der Waals surface area contributed by atoms with E-state index in [4.69, 9.17) is 4.74 Å². The summed E-state index contributed by atoms with van der Waals surface area (Å²) in [6.07, 6.45) is 0. The fourth-order valence-electron chi connectivity index (χ4n) is 3.55. The summed E-state index contributed by atoms with van der Waals surface area (Å²) in [6.45, 7) is 6.45. The monoisotopic (exact) mass is 382 g/mol. The Hall–Kier alpha value is -3.36. The topological polar surface area (TPSA) is 88.3 Å². The lowest BCUT2D eigenvalue weighted by molar-refractivity contribution is 0.340. The Kier molecular flexibility index (Phi) is 4.10. The van der Waals surface area contributed by atoms with E-state index in [1.54, 1.807) is 11.4 Å². The van der Waals surface area contributed by atoms with E-state index < -0.39 is 5.69 Å². The van der Waals surface area contributed by atoms with E-state index in [9.17, 15) is 9.59 Å².